The number of hydrogen-bond acceptors (Lipinski definition) is 0. The van der Waals surface area contributed by atoms with Crippen LogP contribution in [-0.2, 0) is 0 Å². The van der Waals surface area contributed by atoms with E-state index in [4.69, 9.17) is 0 Å². The van der Waals surface area contributed by atoms with Gasteiger partial charge in [-0.25, -0.2) is 0 Å². The highest BCUT2D eigenvalue weighted by Crippen LogP contribution is 2.43. The van der Waals surface area contributed by atoms with E-state index in [1.807, 2.05) is 0 Å². The summed E-state index contributed by atoms with van der Waals surface area (Å²) in [5, 5.41) is 10.8. The number of fused-ring (bicyclic) bond motifs is 8. The highest BCUT2D eigenvalue weighted by molar-refractivity contribution is 6.37. The van der Waals surface area contributed by atoms with Gasteiger partial charge in [-0.2, -0.15) is 9.13 Å². The van der Waals surface area contributed by atoms with Gasteiger partial charge >= 0.3 is 0 Å². The van der Waals surface area contributed by atoms with Gasteiger partial charge in [0, 0.05) is 22.9 Å². The third kappa shape index (κ3) is 2.12. The predicted octanol–water partition coefficient (Wildman–Crippen LogP) is 6.55. The summed E-state index contributed by atoms with van der Waals surface area (Å²) in [5.74, 6) is 0. The lowest BCUT2D eigenvalue weighted by Gasteiger charge is -2.14. The summed E-state index contributed by atoms with van der Waals surface area (Å²) >= 11 is 0. The van der Waals surface area contributed by atoms with Gasteiger partial charge in [-0.1, -0.05) is 48.5 Å². The van der Waals surface area contributed by atoms with Gasteiger partial charge < -0.3 is 0 Å². The van der Waals surface area contributed by atoms with E-state index in [-0.39, 0.29) is 0 Å². The first-order valence-electron chi connectivity index (χ1n) is 11.3. The molecule has 0 bridgehead atoms. The number of benzene rings is 4. The minimum Gasteiger partial charge on any atom is -0.190 e. The number of rotatable bonds is 0. The predicted molar refractivity (Wildman–Crippen MR) is 128 cm³/mol. The third-order valence-electron chi connectivity index (χ3n) is 7.37. The maximum Gasteiger partial charge on any atom is 0.286 e. The van der Waals surface area contributed by atoms with Crippen molar-refractivity contribution in [1.29, 1.82) is 0 Å². The second kappa shape index (κ2) is 6.01. The van der Waals surface area contributed by atoms with Gasteiger partial charge in [-0.3, -0.25) is 0 Å². The minimum atomic E-state index is 0.450. The van der Waals surface area contributed by atoms with Crippen LogP contribution >= 0.6 is 0 Å². The summed E-state index contributed by atoms with van der Waals surface area (Å²) in [5.41, 5.74) is 2.73. The van der Waals surface area contributed by atoms with Crippen LogP contribution in [0, 0.1) is 0 Å². The molecule has 0 saturated carbocycles. The van der Waals surface area contributed by atoms with Crippen LogP contribution in [0.15, 0.2) is 85.2 Å². The van der Waals surface area contributed by atoms with Crippen molar-refractivity contribution in [3.05, 3.63) is 85.2 Å². The fourth-order valence-corrected chi connectivity index (χ4v) is 6.11. The number of nitrogens with zero attached hydrogens (tertiary/aromatic N) is 2. The summed E-state index contributed by atoms with van der Waals surface area (Å²) in [6, 6.07) is 27.9. The lowest BCUT2D eigenvalue weighted by Crippen LogP contribution is -2.39. The molecule has 0 radical (unpaired) electrons. The second-order valence-electron chi connectivity index (χ2n) is 9.13. The molecule has 0 fully saturated rings. The fourth-order valence-electron chi connectivity index (χ4n) is 6.11. The van der Waals surface area contributed by atoms with Gasteiger partial charge in [-0.15, -0.1) is 0 Å². The molecule has 148 valence electrons. The molecule has 0 N–H and O–H groups in total. The van der Waals surface area contributed by atoms with Crippen LogP contribution in [-0.4, -0.2) is 0 Å². The Balaban J connectivity index is 1.95. The van der Waals surface area contributed by atoms with Crippen molar-refractivity contribution in [2.24, 2.45) is 0 Å². The zero-order valence-corrected chi connectivity index (χ0v) is 17.8. The van der Waals surface area contributed by atoms with E-state index in [0.717, 1.165) is 6.42 Å². The zero-order chi connectivity index (χ0) is 20.7. The van der Waals surface area contributed by atoms with Gasteiger partial charge in [0.25, 0.3) is 11.0 Å². The maximum atomic E-state index is 2.51. The second-order valence-corrected chi connectivity index (χ2v) is 9.13. The fraction of sp³-hybridized carbons (Fsp3) is 0.172. The molecule has 31 heavy (non-hydrogen) atoms. The van der Waals surface area contributed by atoms with E-state index in [2.05, 4.69) is 108 Å². The van der Waals surface area contributed by atoms with Crippen molar-refractivity contribution in [3.63, 3.8) is 0 Å². The van der Waals surface area contributed by atoms with Crippen molar-refractivity contribution in [2.75, 3.05) is 0 Å². The van der Waals surface area contributed by atoms with Crippen LogP contribution in [0.2, 0.25) is 0 Å². The summed E-state index contributed by atoms with van der Waals surface area (Å²) in [4.78, 5) is 0. The molecule has 1 aliphatic rings. The number of aromatic nitrogens is 2. The quantitative estimate of drug-likeness (QED) is 0.202. The van der Waals surface area contributed by atoms with Gasteiger partial charge in [-0.05, 0) is 47.5 Å². The monoisotopic (exact) mass is 400 g/mol. The van der Waals surface area contributed by atoms with Gasteiger partial charge in [0.2, 0.25) is 0 Å². The molecular formula is C29H24N2+2. The molecule has 2 aromatic heterocycles. The smallest absolute Gasteiger partial charge is 0.190 e. The Bertz CT molecular complexity index is 1570. The SMILES string of the molecule is CC1CC(C)[n+]2cccc3c4c5ccccc5c5ccccc5c4c4ccc[n+]1c4c32. The van der Waals surface area contributed by atoms with Crippen molar-refractivity contribution in [2.45, 2.75) is 32.4 Å². The van der Waals surface area contributed by atoms with Crippen molar-refractivity contribution in [1.82, 2.24) is 0 Å². The molecule has 7 rings (SSSR count). The number of hydrogen-bond donors (Lipinski definition) is 0. The van der Waals surface area contributed by atoms with E-state index >= 15 is 0 Å². The van der Waals surface area contributed by atoms with Crippen LogP contribution in [0.5, 0.6) is 0 Å². The number of pyridine rings is 2. The first kappa shape index (κ1) is 17.2. The van der Waals surface area contributed by atoms with Crippen LogP contribution in [0.1, 0.15) is 32.4 Å². The van der Waals surface area contributed by atoms with Crippen molar-refractivity contribution < 1.29 is 9.13 Å². The van der Waals surface area contributed by atoms with Crippen molar-refractivity contribution in [3.8, 4) is 0 Å². The van der Waals surface area contributed by atoms with E-state index < -0.39 is 0 Å². The molecule has 2 heteroatoms. The van der Waals surface area contributed by atoms with E-state index in [9.17, 15) is 0 Å². The average molecular weight is 401 g/mol. The molecule has 2 nitrogen and oxygen atoms in total. The molecule has 2 atom stereocenters. The lowest BCUT2D eigenvalue weighted by molar-refractivity contribution is -0.711. The first-order chi connectivity index (χ1) is 15.2. The Morgan fingerprint density at radius 1 is 0.516 bits per heavy atom. The highest BCUT2D eigenvalue weighted by Gasteiger charge is 2.35. The van der Waals surface area contributed by atoms with E-state index in [0.29, 0.717) is 12.1 Å². The van der Waals surface area contributed by atoms with Crippen LogP contribution in [0.25, 0.3) is 54.1 Å². The first-order valence-corrected chi connectivity index (χ1v) is 11.3. The summed E-state index contributed by atoms with van der Waals surface area (Å²) < 4.78 is 5.03. The summed E-state index contributed by atoms with van der Waals surface area (Å²) in [6.07, 6.45) is 5.67. The average Bonchev–Trinajstić information content (AvgIpc) is 2.93. The Kier molecular flexibility index (Phi) is 3.33. The van der Waals surface area contributed by atoms with Gasteiger partial charge in [0.15, 0.2) is 24.5 Å². The van der Waals surface area contributed by atoms with Crippen LogP contribution in [0.4, 0.5) is 0 Å². The molecule has 6 aromatic rings. The molecule has 0 aliphatic carbocycles. The molecule has 2 unspecified atom stereocenters. The zero-order valence-electron chi connectivity index (χ0n) is 17.8. The molecule has 0 amide bonds. The normalized spacial score (nSPS) is 18.5. The van der Waals surface area contributed by atoms with Gasteiger partial charge in [0.1, 0.15) is 0 Å². The van der Waals surface area contributed by atoms with Gasteiger partial charge in [0.05, 0.1) is 17.2 Å². The summed E-state index contributed by atoms with van der Waals surface area (Å²) in [7, 11) is 0. The molecule has 0 spiro atoms. The molecule has 0 saturated heterocycles. The molecule has 3 heterocycles. The Hall–Kier alpha value is -3.52. The largest absolute Gasteiger partial charge is 0.286 e. The van der Waals surface area contributed by atoms with E-state index in [1.54, 1.807) is 0 Å². The van der Waals surface area contributed by atoms with E-state index in [1.165, 1.54) is 54.1 Å². The van der Waals surface area contributed by atoms with Crippen LogP contribution < -0.4 is 9.13 Å². The minimum absolute atomic E-state index is 0.450. The standard InChI is InChI=1S/C29H24N2/c1-18-17-19(2)31-16-8-14-25-27-23-12-6-4-10-21(23)20-9-3-5-11-22(20)26(27)24-13-7-15-30(18)28(24)29(25)31/h3-16,18-19H,17H2,1-2H3/q+2. The summed E-state index contributed by atoms with van der Waals surface area (Å²) in [6.45, 7) is 4.72. The lowest BCUT2D eigenvalue weighted by atomic mass is 9.89. The Morgan fingerprint density at radius 2 is 0.903 bits per heavy atom. The van der Waals surface area contributed by atoms with Crippen molar-refractivity contribution >= 4 is 54.1 Å². The molecular weight excluding hydrogens is 376 g/mol. The van der Waals surface area contributed by atoms with Crippen LogP contribution in [0.3, 0.4) is 0 Å². The maximum absolute atomic E-state index is 2.51. The third-order valence-corrected chi connectivity index (χ3v) is 7.37. The Morgan fingerprint density at radius 3 is 1.35 bits per heavy atom. The Labute approximate surface area is 181 Å². The topological polar surface area (TPSA) is 7.76 Å². The highest BCUT2D eigenvalue weighted by atomic mass is 15.1. The molecule has 1 aliphatic heterocycles. The molecule has 4 aromatic carbocycles.